The maximum Gasteiger partial charge on any atom is 0.280 e. The Hall–Kier alpha value is -0.170. The second kappa shape index (κ2) is 4.36. The topological polar surface area (TPSA) is 38.9 Å². The van der Waals surface area contributed by atoms with Gasteiger partial charge in [0, 0.05) is 5.69 Å². The van der Waals surface area contributed by atoms with Crippen LogP contribution in [0, 0.1) is 3.57 Å². The van der Waals surface area contributed by atoms with Gasteiger partial charge in [0.05, 0.1) is 15.1 Å². The van der Waals surface area contributed by atoms with Gasteiger partial charge in [-0.15, -0.1) is 11.6 Å². The molecule has 1 rings (SSSR count). The van der Waals surface area contributed by atoms with E-state index in [2.05, 4.69) is 4.98 Å². The summed E-state index contributed by atoms with van der Waals surface area (Å²) in [4.78, 5) is 3.68. The number of pyridine rings is 1. The minimum atomic E-state index is -2.61. The highest BCUT2D eigenvalue weighted by Crippen LogP contribution is 2.25. The Morgan fingerprint density at radius 1 is 1.62 bits per heavy atom. The van der Waals surface area contributed by atoms with Crippen LogP contribution in [0.4, 0.5) is 14.5 Å². The van der Waals surface area contributed by atoms with Crippen molar-refractivity contribution in [3.8, 4) is 0 Å². The number of nitrogens with zero attached hydrogens (tertiary/aromatic N) is 1. The van der Waals surface area contributed by atoms with Gasteiger partial charge in [0.1, 0.15) is 5.69 Å². The van der Waals surface area contributed by atoms with E-state index in [0.717, 1.165) is 0 Å². The summed E-state index contributed by atoms with van der Waals surface area (Å²) >= 11 is 7.44. The molecule has 1 aromatic rings. The second-order valence-electron chi connectivity index (χ2n) is 2.33. The van der Waals surface area contributed by atoms with Gasteiger partial charge in [-0.25, -0.2) is 13.8 Å². The van der Waals surface area contributed by atoms with E-state index in [1.165, 1.54) is 6.07 Å². The first-order valence-electron chi connectivity index (χ1n) is 3.35. The SMILES string of the molecule is Nc1cc(C(F)F)nc(CCl)c1I. The van der Waals surface area contributed by atoms with Crippen LogP contribution in [-0.2, 0) is 5.88 Å². The molecule has 6 heteroatoms. The minimum Gasteiger partial charge on any atom is -0.398 e. The van der Waals surface area contributed by atoms with Crippen molar-refractivity contribution in [3.05, 3.63) is 21.0 Å². The van der Waals surface area contributed by atoms with Gasteiger partial charge in [0.15, 0.2) is 0 Å². The predicted octanol–water partition coefficient (Wildman–Crippen LogP) is 2.94. The lowest BCUT2D eigenvalue weighted by molar-refractivity contribution is 0.146. The molecule has 0 atom stereocenters. The van der Waals surface area contributed by atoms with Crippen molar-refractivity contribution in [3.63, 3.8) is 0 Å². The number of rotatable bonds is 2. The lowest BCUT2D eigenvalue weighted by atomic mass is 10.3. The molecule has 2 nitrogen and oxygen atoms in total. The van der Waals surface area contributed by atoms with Gasteiger partial charge in [0.25, 0.3) is 6.43 Å². The molecule has 0 aromatic carbocycles. The number of anilines is 1. The molecule has 13 heavy (non-hydrogen) atoms. The van der Waals surface area contributed by atoms with E-state index in [1.54, 1.807) is 0 Å². The van der Waals surface area contributed by atoms with Crippen molar-refractivity contribution in [2.45, 2.75) is 12.3 Å². The summed E-state index contributed by atoms with van der Waals surface area (Å²) in [6, 6.07) is 1.17. The van der Waals surface area contributed by atoms with Crippen LogP contribution in [0.15, 0.2) is 6.07 Å². The summed E-state index contributed by atoms with van der Waals surface area (Å²) in [7, 11) is 0. The number of alkyl halides is 3. The van der Waals surface area contributed by atoms with Crippen molar-refractivity contribution in [2.24, 2.45) is 0 Å². The Morgan fingerprint density at radius 2 is 2.23 bits per heavy atom. The molecule has 0 aliphatic heterocycles. The van der Waals surface area contributed by atoms with Crippen LogP contribution in [0.1, 0.15) is 17.8 Å². The zero-order valence-electron chi connectivity index (χ0n) is 6.40. The van der Waals surface area contributed by atoms with Gasteiger partial charge in [-0.3, -0.25) is 0 Å². The maximum atomic E-state index is 12.2. The molecule has 72 valence electrons. The molecule has 0 radical (unpaired) electrons. The molecule has 0 amide bonds. The van der Waals surface area contributed by atoms with Crippen molar-refractivity contribution < 1.29 is 8.78 Å². The quantitative estimate of drug-likeness (QED) is 0.672. The average Bonchev–Trinajstić information content (AvgIpc) is 2.09. The summed E-state index contributed by atoms with van der Waals surface area (Å²) in [6.45, 7) is 0. The molecule has 0 saturated heterocycles. The molecular formula is C7H6ClF2IN2. The number of hydrogen-bond donors (Lipinski definition) is 1. The van der Waals surface area contributed by atoms with Crippen molar-refractivity contribution in [2.75, 3.05) is 5.73 Å². The van der Waals surface area contributed by atoms with E-state index in [4.69, 9.17) is 17.3 Å². The molecule has 0 unspecified atom stereocenters. The number of nitrogens with two attached hydrogens (primary N) is 1. The second-order valence-corrected chi connectivity index (χ2v) is 3.68. The third kappa shape index (κ3) is 2.40. The van der Waals surface area contributed by atoms with Crippen molar-refractivity contribution >= 4 is 39.9 Å². The first-order valence-corrected chi connectivity index (χ1v) is 4.96. The number of aromatic nitrogens is 1. The summed E-state index contributed by atoms with van der Waals surface area (Å²) in [5, 5.41) is 0. The fourth-order valence-corrected chi connectivity index (χ4v) is 1.71. The highest BCUT2D eigenvalue weighted by atomic mass is 127. The van der Waals surface area contributed by atoms with E-state index in [-0.39, 0.29) is 11.6 Å². The Balaban J connectivity index is 3.22. The van der Waals surface area contributed by atoms with E-state index in [0.29, 0.717) is 15.0 Å². The molecule has 1 aromatic heterocycles. The number of nitrogen functional groups attached to an aromatic ring is 1. The van der Waals surface area contributed by atoms with E-state index >= 15 is 0 Å². The summed E-state index contributed by atoms with van der Waals surface area (Å²) in [5.74, 6) is 0.0863. The minimum absolute atomic E-state index is 0.0863. The van der Waals surface area contributed by atoms with Crippen LogP contribution in [0.5, 0.6) is 0 Å². The fraction of sp³-hybridized carbons (Fsp3) is 0.286. The molecular weight excluding hydrogens is 312 g/mol. The van der Waals surface area contributed by atoms with Crippen molar-refractivity contribution in [1.82, 2.24) is 4.98 Å². The summed E-state index contributed by atoms with van der Waals surface area (Å²) < 4.78 is 25.1. The largest absolute Gasteiger partial charge is 0.398 e. The van der Waals surface area contributed by atoms with Crippen LogP contribution in [0.3, 0.4) is 0 Å². The lowest BCUT2D eigenvalue weighted by Crippen LogP contribution is -2.02. The van der Waals surface area contributed by atoms with Gasteiger partial charge in [-0.05, 0) is 28.7 Å². The molecule has 0 saturated carbocycles. The van der Waals surface area contributed by atoms with Gasteiger partial charge in [-0.2, -0.15) is 0 Å². The highest BCUT2D eigenvalue weighted by Gasteiger charge is 2.13. The average molecular weight is 318 g/mol. The molecule has 0 bridgehead atoms. The van der Waals surface area contributed by atoms with Gasteiger partial charge < -0.3 is 5.73 Å². The van der Waals surface area contributed by atoms with E-state index < -0.39 is 6.43 Å². The molecule has 0 fully saturated rings. The molecule has 2 N–H and O–H groups in total. The Bertz CT molecular complexity index is 320. The molecule has 0 aliphatic carbocycles. The fourth-order valence-electron chi connectivity index (χ4n) is 0.827. The third-order valence-electron chi connectivity index (χ3n) is 1.42. The van der Waals surface area contributed by atoms with Crippen molar-refractivity contribution in [1.29, 1.82) is 0 Å². The smallest absolute Gasteiger partial charge is 0.280 e. The molecule has 1 heterocycles. The first-order chi connectivity index (χ1) is 6.06. The Labute approximate surface area is 92.6 Å². The zero-order chi connectivity index (χ0) is 10.0. The standard InChI is InChI=1S/C7H6ClF2IN2/c8-2-5-6(11)3(12)1-4(13-5)7(9)10/h1,7H,2H2,(H2,12,13). The normalized spacial score (nSPS) is 10.8. The molecule has 0 spiro atoms. The monoisotopic (exact) mass is 318 g/mol. The van der Waals surface area contributed by atoms with Crippen LogP contribution < -0.4 is 5.73 Å². The summed E-state index contributed by atoms with van der Waals surface area (Å²) in [6.07, 6.45) is -2.61. The predicted molar refractivity (Wildman–Crippen MR) is 55.9 cm³/mol. The maximum absolute atomic E-state index is 12.2. The number of halogens is 4. The molecule has 0 aliphatic rings. The lowest BCUT2D eigenvalue weighted by Gasteiger charge is -2.06. The van der Waals surface area contributed by atoms with Crippen LogP contribution in [0.2, 0.25) is 0 Å². The van der Waals surface area contributed by atoms with Gasteiger partial charge in [0.2, 0.25) is 0 Å². The van der Waals surface area contributed by atoms with Crippen LogP contribution in [0.25, 0.3) is 0 Å². The van der Waals surface area contributed by atoms with E-state index in [1.807, 2.05) is 22.6 Å². The Kier molecular flexibility index (Phi) is 3.66. The first kappa shape index (κ1) is 10.9. The number of hydrogen-bond acceptors (Lipinski definition) is 2. The Morgan fingerprint density at radius 3 is 2.69 bits per heavy atom. The zero-order valence-corrected chi connectivity index (χ0v) is 9.31. The van der Waals surface area contributed by atoms with Gasteiger partial charge in [-0.1, -0.05) is 0 Å². The summed E-state index contributed by atoms with van der Waals surface area (Å²) in [5.41, 5.74) is 5.86. The van der Waals surface area contributed by atoms with Crippen LogP contribution >= 0.6 is 34.2 Å². The van der Waals surface area contributed by atoms with Gasteiger partial charge >= 0.3 is 0 Å². The van der Waals surface area contributed by atoms with Crippen LogP contribution in [-0.4, -0.2) is 4.98 Å². The third-order valence-corrected chi connectivity index (χ3v) is 2.92. The van der Waals surface area contributed by atoms with E-state index in [9.17, 15) is 8.78 Å². The highest BCUT2D eigenvalue weighted by molar-refractivity contribution is 14.1.